The quantitative estimate of drug-likeness (QED) is 0.750. The summed E-state index contributed by atoms with van der Waals surface area (Å²) in [6, 6.07) is 16.6. The van der Waals surface area contributed by atoms with Crippen molar-refractivity contribution in [2.24, 2.45) is 0 Å². The van der Waals surface area contributed by atoms with Crippen molar-refractivity contribution in [3.05, 3.63) is 68.0 Å². The van der Waals surface area contributed by atoms with E-state index in [1.807, 2.05) is 12.1 Å². The molecule has 0 spiro atoms. The van der Waals surface area contributed by atoms with E-state index in [0.29, 0.717) is 3.67 Å². The molecule has 1 saturated heterocycles. The zero-order valence-electron chi connectivity index (χ0n) is 13.2. The molecule has 25 heavy (non-hydrogen) atoms. The maximum absolute atomic E-state index is 12.2. The molecule has 4 heterocycles. The molecule has 4 aliphatic heterocycles. The van der Waals surface area contributed by atoms with Crippen molar-refractivity contribution >= 4 is 64.8 Å². The fraction of sp³-hybridized carbons (Fsp3) is 0.158. The van der Waals surface area contributed by atoms with Crippen molar-refractivity contribution < 1.29 is 9.59 Å². The Bertz CT molecular complexity index is 956. The fourth-order valence-corrected chi connectivity index (χ4v) is 19.1. The number of hydrogen-bond donors (Lipinski definition) is 1. The van der Waals surface area contributed by atoms with E-state index in [2.05, 4.69) is 41.7 Å². The van der Waals surface area contributed by atoms with Crippen molar-refractivity contribution in [1.29, 1.82) is 0 Å². The standard InChI is InChI=1S/C19H13ClNO2S.In/c20-16-10-7-13(8-11-16)6-9-15(14-4-2-1-3-5-14)12-17-18(22)21-19(23)24-17;/h1-4,7-8,10-12,17H,6H2,(H,21,22,23);. The first-order chi connectivity index (χ1) is 12.1. The summed E-state index contributed by atoms with van der Waals surface area (Å²) in [5.74, 6) is -0.0995. The molecule has 3 nitrogen and oxygen atoms in total. The van der Waals surface area contributed by atoms with Gasteiger partial charge in [-0.3, -0.25) is 0 Å². The maximum atomic E-state index is 12.2. The van der Waals surface area contributed by atoms with Crippen LogP contribution in [0.25, 0.3) is 5.57 Å². The monoisotopic (exact) mass is 469 g/mol. The normalized spacial score (nSPS) is 23.6. The van der Waals surface area contributed by atoms with Gasteiger partial charge in [0.15, 0.2) is 0 Å². The topological polar surface area (TPSA) is 46.2 Å². The summed E-state index contributed by atoms with van der Waals surface area (Å²) in [7, 11) is 0. The van der Waals surface area contributed by atoms with Gasteiger partial charge in [0.1, 0.15) is 0 Å². The summed E-state index contributed by atoms with van der Waals surface area (Å²) in [6.45, 7) is 0. The summed E-state index contributed by atoms with van der Waals surface area (Å²) in [4.78, 5) is 23.9. The van der Waals surface area contributed by atoms with Crippen LogP contribution in [0.15, 0.2) is 51.9 Å². The van der Waals surface area contributed by atoms with E-state index in [0.717, 1.165) is 11.4 Å². The third kappa shape index (κ3) is 2.43. The van der Waals surface area contributed by atoms with Crippen LogP contribution in [0.4, 0.5) is 4.79 Å². The first kappa shape index (κ1) is 16.0. The third-order valence-electron chi connectivity index (χ3n) is 5.35. The van der Waals surface area contributed by atoms with Crippen molar-refractivity contribution in [2.45, 2.75) is 15.3 Å². The van der Waals surface area contributed by atoms with Gasteiger partial charge >= 0.3 is 163 Å². The van der Waals surface area contributed by atoms with E-state index >= 15 is 0 Å². The summed E-state index contributed by atoms with van der Waals surface area (Å²) in [6.07, 6.45) is 0.950. The van der Waals surface area contributed by atoms with Crippen molar-refractivity contribution in [3.63, 3.8) is 0 Å². The second kappa shape index (κ2) is 5.93. The van der Waals surface area contributed by atoms with Gasteiger partial charge in [0.2, 0.25) is 0 Å². The van der Waals surface area contributed by atoms with E-state index in [4.69, 9.17) is 11.6 Å². The average Bonchev–Trinajstić information content (AvgIpc) is 3.21. The van der Waals surface area contributed by atoms with Gasteiger partial charge in [-0.2, -0.15) is 0 Å². The molecule has 0 aliphatic carbocycles. The van der Waals surface area contributed by atoms with Gasteiger partial charge in [-0.25, -0.2) is 0 Å². The van der Waals surface area contributed by atoms with Crippen molar-refractivity contribution in [2.75, 3.05) is 0 Å². The van der Waals surface area contributed by atoms with E-state index in [-0.39, 0.29) is 16.4 Å². The number of thioether (sulfide) groups is 1. The van der Waals surface area contributed by atoms with Crippen LogP contribution in [-0.2, 0) is 11.2 Å². The molecule has 4 aliphatic rings. The second-order valence-electron chi connectivity index (χ2n) is 6.65. The number of carbonyl (C=O) groups excluding carboxylic acids is 2. The van der Waals surface area contributed by atoms with Gasteiger partial charge in [0, 0.05) is 0 Å². The number of carbonyl (C=O) groups is 2. The molecular formula is C19H13ClInNO2S. The van der Waals surface area contributed by atoms with Gasteiger partial charge in [0.05, 0.1) is 0 Å². The summed E-state index contributed by atoms with van der Waals surface area (Å²) in [5, 5.41) is 2.80. The predicted octanol–water partition coefficient (Wildman–Crippen LogP) is 3.33. The first-order valence-corrected chi connectivity index (χ1v) is 14.7. The molecule has 2 amide bonds. The number of benzene rings is 2. The molecule has 2 unspecified atom stereocenters. The molecule has 0 radical (unpaired) electrons. The molecule has 6 rings (SSSR count). The van der Waals surface area contributed by atoms with Gasteiger partial charge in [-0.15, -0.1) is 0 Å². The Morgan fingerprint density at radius 1 is 1.08 bits per heavy atom. The van der Waals surface area contributed by atoms with Crippen LogP contribution in [0.1, 0.15) is 11.1 Å². The van der Waals surface area contributed by atoms with Crippen LogP contribution in [0.5, 0.6) is 0 Å². The molecule has 122 valence electrons. The minimum atomic E-state index is -2.27. The fourth-order valence-electron chi connectivity index (χ4n) is 4.38. The number of allylic oxidation sites excluding steroid dienone is 2. The van der Waals surface area contributed by atoms with Crippen LogP contribution in [-0.4, -0.2) is 37.8 Å². The van der Waals surface area contributed by atoms with E-state index < -0.39 is 21.4 Å². The van der Waals surface area contributed by atoms with Gasteiger partial charge in [-0.05, 0) is 0 Å². The second-order valence-corrected chi connectivity index (χ2v) is 16.7. The summed E-state index contributed by atoms with van der Waals surface area (Å²) in [5.41, 5.74) is 3.96. The summed E-state index contributed by atoms with van der Waals surface area (Å²) < 4.78 is 3.40. The van der Waals surface area contributed by atoms with Gasteiger partial charge < -0.3 is 0 Å². The van der Waals surface area contributed by atoms with E-state index in [1.54, 1.807) is 3.33 Å². The Morgan fingerprint density at radius 3 is 2.52 bits per heavy atom. The number of imide groups is 1. The average molecular weight is 470 g/mol. The summed E-state index contributed by atoms with van der Waals surface area (Å²) >= 11 is 4.92. The SMILES string of the molecule is O=C1NC(=O)C([CH]2C3=[C](Cc4ccc(Cl)cc4)[In]2[c]2ccccc23)S1. The molecule has 2 aromatic carbocycles. The van der Waals surface area contributed by atoms with Crippen LogP contribution >= 0.6 is 23.4 Å². The predicted molar refractivity (Wildman–Crippen MR) is 103 cm³/mol. The Morgan fingerprint density at radius 2 is 1.84 bits per heavy atom. The van der Waals surface area contributed by atoms with Gasteiger partial charge in [-0.1, -0.05) is 0 Å². The number of nitrogens with one attached hydrogen (secondary N) is 1. The molecule has 1 fully saturated rings. The number of hydrogen-bond acceptors (Lipinski definition) is 3. The zero-order valence-corrected chi connectivity index (χ0v) is 18.0. The molecule has 2 atom stereocenters. The molecule has 6 heteroatoms. The number of halogens is 1. The molecule has 0 saturated carbocycles. The van der Waals surface area contributed by atoms with Crippen molar-refractivity contribution in [3.8, 4) is 0 Å². The van der Waals surface area contributed by atoms with Crippen LogP contribution in [0.3, 0.4) is 0 Å². The molecule has 0 aromatic heterocycles. The Balaban J connectivity index is 1.53. The van der Waals surface area contributed by atoms with E-state index in [9.17, 15) is 9.59 Å². The third-order valence-corrected chi connectivity index (χ3v) is 18.5. The van der Waals surface area contributed by atoms with Crippen LogP contribution in [0.2, 0.25) is 8.70 Å². The zero-order chi connectivity index (χ0) is 17.1. The van der Waals surface area contributed by atoms with Crippen LogP contribution < -0.4 is 8.64 Å². The first-order valence-electron chi connectivity index (χ1n) is 8.21. The molecule has 1 N–H and O–H groups in total. The minimum absolute atomic E-state index is 0.0995. The molecule has 2 bridgehead atoms. The molecular weight excluding hydrogens is 457 g/mol. The Hall–Kier alpha value is -1.17. The van der Waals surface area contributed by atoms with Gasteiger partial charge in [0.25, 0.3) is 0 Å². The van der Waals surface area contributed by atoms with Crippen molar-refractivity contribution in [1.82, 2.24) is 5.32 Å². The van der Waals surface area contributed by atoms with Crippen LogP contribution in [0, 0.1) is 0 Å². The van der Waals surface area contributed by atoms with E-state index in [1.165, 1.54) is 31.8 Å². The Labute approximate surface area is 162 Å². The number of amides is 2. The Kier molecular flexibility index (Phi) is 3.80. The number of rotatable bonds is 3. The molecule has 2 aromatic rings.